The number of thioether (sulfide) groups is 1. The third-order valence-electron chi connectivity index (χ3n) is 4.03. The van der Waals surface area contributed by atoms with Gasteiger partial charge >= 0.3 is 5.97 Å². The summed E-state index contributed by atoms with van der Waals surface area (Å²) in [5.74, 6) is -0.482. The van der Waals surface area contributed by atoms with Crippen LogP contribution >= 0.6 is 11.8 Å². The Labute approximate surface area is 169 Å². The molecule has 0 saturated carbocycles. The minimum atomic E-state index is -0.916. The maximum atomic E-state index is 10.7. The molecule has 9 nitrogen and oxygen atoms in total. The zero-order valence-electron chi connectivity index (χ0n) is 15.3. The Morgan fingerprint density at radius 2 is 1.86 bits per heavy atom. The molecule has 0 radical (unpaired) electrons. The van der Waals surface area contributed by atoms with Gasteiger partial charge in [-0.15, -0.1) is 10.2 Å². The second-order valence-electron chi connectivity index (χ2n) is 6.03. The van der Waals surface area contributed by atoms with E-state index in [4.69, 9.17) is 9.94 Å². The first-order chi connectivity index (χ1) is 14.1. The maximum absolute atomic E-state index is 10.7. The number of anilines is 1. The number of carboxylic acid groups (broad SMARTS) is 1. The fourth-order valence-corrected chi connectivity index (χ4v) is 3.35. The molecule has 3 N–H and O–H groups in total. The van der Waals surface area contributed by atoms with Gasteiger partial charge in [0.2, 0.25) is 0 Å². The lowest BCUT2D eigenvalue weighted by atomic mass is 10.0. The van der Waals surface area contributed by atoms with Crippen LogP contribution in [-0.4, -0.2) is 49.1 Å². The van der Waals surface area contributed by atoms with E-state index in [0.717, 1.165) is 45.2 Å². The minimum absolute atomic E-state index is 0.0940. The first-order valence-electron chi connectivity index (χ1n) is 8.55. The number of nitrogens with zero attached hydrogens (tertiary/aromatic N) is 4. The molecule has 4 aromatic rings. The SMILES string of the molecule is CONc1cc(-c2ccc3nccnc3c2)cc(-c2nnc(SCC(=O)O)[nH]2)c1. The molecule has 146 valence electrons. The second-order valence-corrected chi connectivity index (χ2v) is 6.99. The molecular weight excluding hydrogens is 392 g/mol. The Kier molecular flexibility index (Phi) is 5.36. The van der Waals surface area contributed by atoms with Crippen molar-refractivity contribution in [3.05, 3.63) is 48.8 Å². The fraction of sp³-hybridized carbons (Fsp3) is 0.105. The largest absolute Gasteiger partial charge is 0.481 e. The molecule has 0 bridgehead atoms. The molecule has 0 fully saturated rings. The van der Waals surface area contributed by atoms with Crippen LogP contribution < -0.4 is 5.48 Å². The summed E-state index contributed by atoms with van der Waals surface area (Å²) in [4.78, 5) is 27.5. The van der Waals surface area contributed by atoms with E-state index in [9.17, 15) is 4.79 Å². The van der Waals surface area contributed by atoms with E-state index in [1.54, 1.807) is 12.4 Å². The summed E-state index contributed by atoms with van der Waals surface area (Å²) in [7, 11) is 1.53. The van der Waals surface area contributed by atoms with Gasteiger partial charge < -0.3 is 10.1 Å². The van der Waals surface area contributed by atoms with Crippen molar-refractivity contribution in [1.82, 2.24) is 25.1 Å². The average Bonchev–Trinajstić information content (AvgIpc) is 3.21. The average molecular weight is 408 g/mol. The van der Waals surface area contributed by atoms with Crippen molar-refractivity contribution in [2.75, 3.05) is 18.3 Å². The molecule has 0 spiro atoms. The number of aromatic amines is 1. The molecule has 0 aliphatic rings. The zero-order valence-corrected chi connectivity index (χ0v) is 16.1. The highest BCUT2D eigenvalue weighted by Gasteiger charge is 2.11. The molecule has 0 atom stereocenters. The number of aliphatic carboxylic acids is 1. The van der Waals surface area contributed by atoms with Crippen LogP contribution in [0.1, 0.15) is 0 Å². The number of carbonyl (C=O) groups is 1. The fourth-order valence-electron chi connectivity index (χ4n) is 2.82. The van der Waals surface area contributed by atoms with Crippen molar-refractivity contribution in [2.24, 2.45) is 0 Å². The number of aromatic nitrogens is 5. The number of fused-ring (bicyclic) bond motifs is 1. The van der Waals surface area contributed by atoms with Crippen LogP contribution in [0.4, 0.5) is 5.69 Å². The molecular formula is C19H16N6O3S. The molecule has 0 unspecified atom stereocenters. The van der Waals surface area contributed by atoms with E-state index in [0.29, 0.717) is 11.0 Å². The van der Waals surface area contributed by atoms with Crippen molar-refractivity contribution in [2.45, 2.75) is 5.16 Å². The lowest BCUT2D eigenvalue weighted by Crippen LogP contribution is -1.98. The van der Waals surface area contributed by atoms with Gasteiger partial charge in [-0.1, -0.05) is 17.8 Å². The van der Waals surface area contributed by atoms with Crippen LogP contribution in [0.25, 0.3) is 33.5 Å². The molecule has 29 heavy (non-hydrogen) atoms. The first kappa shape index (κ1) is 18.8. The van der Waals surface area contributed by atoms with Crippen LogP contribution in [0, 0.1) is 0 Å². The van der Waals surface area contributed by atoms with Gasteiger partial charge in [-0.2, -0.15) is 0 Å². The highest BCUT2D eigenvalue weighted by Crippen LogP contribution is 2.31. The molecule has 2 heterocycles. The highest BCUT2D eigenvalue weighted by atomic mass is 32.2. The highest BCUT2D eigenvalue weighted by molar-refractivity contribution is 7.99. The number of benzene rings is 2. The van der Waals surface area contributed by atoms with E-state index < -0.39 is 5.97 Å². The summed E-state index contributed by atoms with van der Waals surface area (Å²) < 4.78 is 0. The van der Waals surface area contributed by atoms with Crippen molar-refractivity contribution in [3.8, 4) is 22.5 Å². The number of hydrogen-bond donors (Lipinski definition) is 3. The molecule has 0 amide bonds. The molecule has 0 aliphatic heterocycles. The molecule has 0 saturated heterocycles. The van der Waals surface area contributed by atoms with E-state index in [1.807, 2.05) is 36.4 Å². The number of hydrogen-bond acceptors (Lipinski definition) is 8. The molecule has 0 aliphatic carbocycles. The number of rotatable bonds is 7. The predicted octanol–water partition coefficient (Wildman–Crippen LogP) is 3.23. The Hall–Kier alpha value is -3.50. The van der Waals surface area contributed by atoms with Gasteiger partial charge in [0.15, 0.2) is 11.0 Å². The number of H-pyrrole nitrogens is 1. The maximum Gasteiger partial charge on any atom is 0.313 e. The van der Waals surface area contributed by atoms with E-state index in [1.165, 1.54) is 7.11 Å². The van der Waals surface area contributed by atoms with Crippen LogP contribution in [0.3, 0.4) is 0 Å². The van der Waals surface area contributed by atoms with Crippen molar-refractivity contribution >= 4 is 34.5 Å². The van der Waals surface area contributed by atoms with Gasteiger partial charge in [-0.25, -0.2) is 0 Å². The Morgan fingerprint density at radius 3 is 2.66 bits per heavy atom. The molecule has 2 aromatic carbocycles. The van der Waals surface area contributed by atoms with Gasteiger partial charge in [0.25, 0.3) is 0 Å². The molecule has 4 rings (SSSR count). The predicted molar refractivity (Wildman–Crippen MR) is 109 cm³/mol. The summed E-state index contributed by atoms with van der Waals surface area (Å²) >= 11 is 1.08. The summed E-state index contributed by atoms with van der Waals surface area (Å²) in [5, 5.41) is 17.4. The lowest BCUT2D eigenvalue weighted by molar-refractivity contribution is -0.133. The number of nitrogens with one attached hydrogen (secondary N) is 2. The summed E-state index contributed by atoms with van der Waals surface area (Å²) in [6.45, 7) is 0. The zero-order chi connectivity index (χ0) is 20.2. The van der Waals surface area contributed by atoms with Crippen LogP contribution in [0.5, 0.6) is 0 Å². The third-order valence-corrected chi connectivity index (χ3v) is 4.88. The minimum Gasteiger partial charge on any atom is -0.481 e. The van der Waals surface area contributed by atoms with E-state index in [-0.39, 0.29) is 5.75 Å². The van der Waals surface area contributed by atoms with Gasteiger partial charge in [0, 0.05) is 18.0 Å². The summed E-state index contributed by atoms with van der Waals surface area (Å²) in [5.41, 5.74) is 7.84. The summed E-state index contributed by atoms with van der Waals surface area (Å²) in [6, 6.07) is 11.6. The van der Waals surface area contributed by atoms with Crippen molar-refractivity contribution in [3.63, 3.8) is 0 Å². The quantitative estimate of drug-likeness (QED) is 0.312. The molecule has 2 aromatic heterocycles. The van der Waals surface area contributed by atoms with E-state index >= 15 is 0 Å². The van der Waals surface area contributed by atoms with E-state index in [2.05, 4.69) is 30.6 Å². The van der Waals surface area contributed by atoms with Crippen LogP contribution in [-0.2, 0) is 9.63 Å². The van der Waals surface area contributed by atoms with Crippen molar-refractivity contribution in [1.29, 1.82) is 0 Å². The first-order valence-corrected chi connectivity index (χ1v) is 9.54. The Balaban J connectivity index is 1.73. The van der Waals surface area contributed by atoms with Gasteiger partial charge in [-0.3, -0.25) is 25.1 Å². The van der Waals surface area contributed by atoms with Gasteiger partial charge in [-0.05, 0) is 41.5 Å². The summed E-state index contributed by atoms with van der Waals surface area (Å²) in [6.07, 6.45) is 3.32. The van der Waals surface area contributed by atoms with Crippen LogP contribution in [0.2, 0.25) is 0 Å². The topological polar surface area (TPSA) is 126 Å². The van der Waals surface area contributed by atoms with Crippen molar-refractivity contribution < 1.29 is 14.7 Å². The normalized spacial score (nSPS) is 10.9. The number of carboxylic acids is 1. The van der Waals surface area contributed by atoms with Crippen LogP contribution in [0.15, 0.2) is 53.9 Å². The standard InChI is InChI=1S/C19H16N6O3S/c1-28-25-14-7-12(11-2-3-15-16(9-11)21-5-4-20-15)6-13(8-14)18-22-19(24-23-18)29-10-17(26)27/h2-9,25H,10H2,1H3,(H,26,27)(H,22,23,24). The van der Waals surface area contributed by atoms with Gasteiger partial charge in [0.1, 0.15) is 0 Å². The Bertz CT molecular complexity index is 1180. The second kappa shape index (κ2) is 8.25. The monoisotopic (exact) mass is 408 g/mol. The Morgan fingerprint density at radius 1 is 1.07 bits per heavy atom. The lowest BCUT2D eigenvalue weighted by Gasteiger charge is -2.10. The smallest absolute Gasteiger partial charge is 0.313 e. The third kappa shape index (κ3) is 4.33. The van der Waals surface area contributed by atoms with Gasteiger partial charge in [0.05, 0.1) is 29.6 Å². The molecule has 10 heteroatoms.